The Balaban J connectivity index is 2.43. The molecule has 0 saturated carbocycles. The number of halogens is 3. The summed E-state index contributed by atoms with van der Waals surface area (Å²) in [5, 5.41) is 3.17. The zero-order valence-corrected chi connectivity index (χ0v) is 11.2. The first-order valence-corrected chi connectivity index (χ1v) is 6.29. The van der Waals surface area contributed by atoms with Crippen molar-refractivity contribution >= 4 is 0 Å². The molecule has 0 fully saturated rings. The van der Waals surface area contributed by atoms with E-state index < -0.39 is 23.5 Å². The van der Waals surface area contributed by atoms with Gasteiger partial charge in [0.05, 0.1) is 17.9 Å². The van der Waals surface area contributed by atoms with Gasteiger partial charge in [0.2, 0.25) is 0 Å². The summed E-state index contributed by atoms with van der Waals surface area (Å²) in [6, 6.07) is 5.64. The number of nitrogens with one attached hydrogen (secondary N) is 1. The van der Waals surface area contributed by atoms with Crippen molar-refractivity contribution in [2.75, 3.05) is 0 Å². The standard InChI is InChI=1S/C15H15F3N2/c1-9(2)20-15(14-4-3-11(16)8-19-14)10-5-12(17)7-13(18)6-10/h3-9,15,20H,1-2H3. The number of pyridine rings is 1. The number of nitrogens with zero attached hydrogens (tertiary/aromatic N) is 1. The summed E-state index contributed by atoms with van der Waals surface area (Å²) in [6.07, 6.45) is 1.08. The minimum absolute atomic E-state index is 0.0678. The van der Waals surface area contributed by atoms with Crippen LogP contribution in [-0.4, -0.2) is 11.0 Å². The van der Waals surface area contributed by atoms with Gasteiger partial charge in [0.25, 0.3) is 0 Å². The first-order valence-electron chi connectivity index (χ1n) is 6.29. The van der Waals surface area contributed by atoms with Crippen molar-refractivity contribution in [2.24, 2.45) is 0 Å². The minimum Gasteiger partial charge on any atom is -0.303 e. The average molecular weight is 280 g/mol. The van der Waals surface area contributed by atoms with Crippen LogP contribution in [0.1, 0.15) is 31.1 Å². The van der Waals surface area contributed by atoms with E-state index >= 15 is 0 Å². The van der Waals surface area contributed by atoms with E-state index in [0.29, 0.717) is 11.3 Å². The molecule has 0 saturated heterocycles. The highest BCUT2D eigenvalue weighted by molar-refractivity contribution is 5.29. The Bertz CT molecular complexity index is 562. The molecule has 0 bridgehead atoms. The van der Waals surface area contributed by atoms with Gasteiger partial charge < -0.3 is 5.32 Å². The van der Waals surface area contributed by atoms with Gasteiger partial charge in [-0.3, -0.25) is 4.98 Å². The largest absolute Gasteiger partial charge is 0.303 e. The smallest absolute Gasteiger partial charge is 0.141 e. The molecular weight excluding hydrogens is 265 g/mol. The van der Waals surface area contributed by atoms with Crippen molar-refractivity contribution in [3.63, 3.8) is 0 Å². The number of hydrogen-bond acceptors (Lipinski definition) is 2. The van der Waals surface area contributed by atoms with Crippen LogP contribution < -0.4 is 5.32 Å². The minimum atomic E-state index is -0.655. The highest BCUT2D eigenvalue weighted by Gasteiger charge is 2.18. The van der Waals surface area contributed by atoms with Crippen molar-refractivity contribution in [3.8, 4) is 0 Å². The molecule has 1 atom stereocenters. The predicted octanol–water partition coefficient (Wildman–Crippen LogP) is 3.59. The Kier molecular flexibility index (Phi) is 4.39. The molecule has 1 unspecified atom stereocenters. The van der Waals surface area contributed by atoms with E-state index in [9.17, 15) is 13.2 Å². The summed E-state index contributed by atoms with van der Waals surface area (Å²) in [5.41, 5.74) is 0.917. The maximum absolute atomic E-state index is 13.4. The van der Waals surface area contributed by atoms with Gasteiger partial charge in [0, 0.05) is 12.1 Å². The van der Waals surface area contributed by atoms with Crippen molar-refractivity contribution in [1.29, 1.82) is 0 Å². The highest BCUT2D eigenvalue weighted by atomic mass is 19.1. The summed E-state index contributed by atoms with van der Waals surface area (Å²) in [5.74, 6) is -1.77. The molecule has 5 heteroatoms. The third-order valence-corrected chi connectivity index (χ3v) is 2.76. The molecular formula is C15H15F3N2. The molecule has 0 spiro atoms. The highest BCUT2D eigenvalue weighted by Crippen LogP contribution is 2.23. The second-order valence-electron chi connectivity index (χ2n) is 4.86. The van der Waals surface area contributed by atoms with E-state index in [1.165, 1.54) is 24.3 Å². The Labute approximate surface area is 115 Å². The zero-order valence-electron chi connectivity index (χ0n) is 11.2. The molecule has 0 radical (unpaired) electrons. The van der Waals surface area contributed by atoms with E-state index in [0.717, 1.165) is 12.3 Å². The van der Waals surface area contributed by atoms with Gasteiger partial charge in [-0.1, -0.05) is 0 Å². The summed E-state index contributed by atoms with van der Waals surface area (Å²) in [4.78, 5) is 3.98. The monoisotopic (exact) mass is 280 g/mol. The third-order valence-electron chi connectivity index (χ3n) is 2.76. The molecule has 0 aliphatic carbocycles. The topological polar surface area (TPSA) is 24.9 Å². The normalized spacial score (nSPS) is 12.7. The molecule has 1 aromatic heterocycles. The Morgan fingerprint density at radius 1 is 0.950 bits per heavy atom. The van der Waals surface area contributed by atoms with Gasteiger partial charge >= 0.3 is 0 Å². The lowest BCUT2D eigenvalue weighted by atomic mass is 10.0. The lowest BCUT2D eigenvalue weighted by Crippen LogP contribution is -2.29. The van der Waals surface area contributed by atoms with Crippen LogP contribution in [0.4, 0.5) is 13.2 Å². The fraction of sp³-hybridized carbons (Fsp3) is 0.267. The van der Waals surface area contributed by atoms with E-state index in [2.05, 4.69) is 10.3 Å². The second kappa shape index (κ2) is 6.05. The molecule has 2 rings (SSSR count). The van der Waals surface area contributed by atoms with Gasteiger partial charge in [0.1, 0.15) is 17.5 Å². The Morgan fingerprint density at radius 2 is 1.60 bits per heavy atom. The SMILES string of the molecule is CC(C)NC(c1cc(F)cc(F)c1)c1ccc(F)cn1. The molecule has 106 valence electrons. The molecule has 1 N–H and O–H groups in total. The second-order valence-corrected chi connectivity index (χ2v) is 4.86. The van der Waals surface area contributed by atoms with Crippen molar-refractivity contribution < 1.29 is 13.2 Å². The van der Waals surface area contributed by atoms with Gasteiger partial charge in [-0.2, -0.15) is 0 Å². The number of benzene rings is 1. The molecule has 20 heavy (non-hydrogen) atoms. The Hall–Kier alpha value is -1.88. The van der Waals surface area contributed by atoms with E-state index in [4.69, 9.17) is 0 Å². The van der Waals surface area contributed by atoms with Crippen molar-refractivity contribution in [1.82, 2.24) is 10.3 Å². The molecule has 1 heterocycles. The summed E-state index contributed by atoms with van der Waals surface area (Å²) >= 11 is 0. The van der Waals surface area contributed by atoms with Crippen LogP contribution in [0, 0.1) is 17.5 Å². The third kappa shape index (κ3) is 3.57. The lowest BCUT2D eigenvalue weighted by Gasteiger charge is -2.21. The Morgan fingerprint density at radius 3 is 2.10 bits per heavy atom. The van der Waals surface area contributed by atoms with E-state index in [-0.39, 0.29) is 6.04 Å². The fourth-order valence-electron chi connectivity index (χ4n) is 1.99. The molecule has 0 aliphatic rings. The van der Waals surface area contributed by atoms with Crippen LogP contribution in [0.2, 0.25) is 0 Å². The van der Waals surface area contributed by atoms with Crippen LogP contribution in [0.25, 0.3) is 0 Å². The van der Waals surface area contributed by atoms with E-state index in [1.54, 1.807) is 0 Å². The molecule has 0 aliphatic heterocycles. The van der Waals surface area contributed by atoms with Crippen LogP contribution in [0.5, 0.6) is 0 Å². The zero-order chi connectivity index (χ0) is 14.7. The summed E-state index contributed by atoms with van der Waals surface area (Å²) in [7, 11) is 0. The predicted molar refractivity (Wildman–Crippen MR) is 70.7 cm³/mol. The number of rotatable bonds is 4. The van der Waals surface area contributed by atoms with Crippen LogP contribution in [0.3, 0.4) is 0 Å². The van der Waals surface area contributed by atoms with Crippen molar-refractivity contribution in [3.05, 3.63) is 65.2 Å². The lowest BCUT2D eigenvalue weighted by molar-refractivity contribution is 0.508. The van der Waals surface area contributed by atoms with Gasteiger partial charge in [-0.15, -0.1) is 0 Å². The fourth-order valence-corrected chi connectivity index (χ4v) is 1.99. The van der Waals surface area contributed by atoms with Gasteiger partial charge in [-0.05, 0) is 43.7 Å². The van der Waals surface area contributed by atoms with Gasteiger partial charge in [0.15, 0.2) is 0 Å². The first kappa shape index (κ1) is 14.5. The molecule has 2 nitrogen and oxygen atoms in total. The number of aromatic nitrogens is 1. The maximum Gasteiger partial charge on any atom is 0.141 e. The molecule has 0 amide bonds. The quantitative estimate of drug-likeness (QED) is 0.925. The first-order chi connectivity index (χ1) is 9.45. The molecule has 2 aromatic rings. The summed E-state index contributed by atoms with van der Waals surface area (Å²) in [6.45, 7) is 3.82. The van der Waals surface area contributed by atoms with E-state index in [1.807, 2.05) is 13.8 Å². The summed E-state index contributed by atoms with van der Waals surface area (Å²) < 4.78 is 39.7. The maximum atomic E-state index is 13.4. The van der Waals surface area contributed by atoms with Crippen molar-refractivity contribution in [2.45, 2.75) is 25.9 Å². The average Bonchev–Trinajstić information content (AvgIpc) is 2.35. The van der Waals surface area contributed by atoms with Gasteiger partial charge in [-0.25, -0.2) is 13.2 Å². The number of hydrogen-bond donors (Lipinski definition) is 1. The molecule has 1 aromatic carbocycles. The van der Waals surface area contributed by atoms with Crippen LogP contribution in [-0.2, 0) is 0 Å². The van der Waals surface area contributed by atoms with Crippen LogP contribution in [0.15, 0.2) is 36.5 Å². The van der Waals surface area contributed by atoms with Crippen LogP contribution >= 0.6 is 0 Å².